The predicted octanol–water partition coefficient (Wildman–Crippen LogP) is 5.21. The number of carbonyl (C=O) groups excluding carboxylic acids is 1. The van der Waals surface area contributed by atoms with Gasteiger partial charge < -0.3 is 14.8 Å². The van der Waals surface area contributed by atoms with Crippen molar-refractivity contribution in [2.75, 3.05) is 26.1 Å². The van der Waals surface area contributed by atoms with Gasteiger partial charge in [-0.3, -0.25) is 9.69 Å². The Balaban J connectivity index is 1.59. The summed E-state index contributed by atoms with van der Waals surface area (Å²) in [6.45, 7) is 4.50. The second kappa shape index (κ2) is 11.6. The number of benzene rings is 2. The third kappa shape index (κ3) is 6.59. The van der Waals surface area contributed by atoms with Crippen LogP contribution in [0, 0.1) is 0 Å². The molecule has 166 valence electrons. The van der Waals surface area contributed by atoms with E-state index in [4.69, 9.17) is 9.47 Å². The fourth-order valence-electron chi connectivity index (χ4n) is 4.15. The zero-order valence-corrected chi connectivity index (χ0v) is 18.7. The minimum Gasteiger partial charge on any atom is -0.493 e. The predicted molar refractivity (Wildman–Crippen MR) is 126 cm³/mol. The Morgan fingerprint density at radius 1 is 1.16 bits per heavy atom. The van der Waals surface area contributed by atoms with Gasteiger partial charge in [-0.1, -0.05) is 49.6 Å². The fourth-order valence-corrected chi connectivity index (χ4v) is 4.15. The van der Waals surface area contributed by atoms with Crippen molar-refractivity contribution in [2.45, 2.75) is 51.1 Å². The van der Waals surface area contributed by atoms with E-state index in [1.54, 1.807) is 7.11 Å². The molecule has 0 unspecified atom stereocenters. The van der Waals surface area contributed by atoms with Crippen molar-refractivity contribution in [3.63, 3.8) is 0 Å². The Hall–Kier alpha value is -2.79. The highest BCUT2D eigenvalue weighted by molar-refractivity contribution is 5.92. The highest BCUT2D eigenvalue weighted by Gasteiger charge is 2.19. The normalized spacial score (nSPS) is 14.3. The van der Waals surface area contributed by atoms with Crippen molar-refractivity contribution in [3.8, 4) is 11.5 Å². The molecule has 1 saturated carbocycles. The van der Waals surface area contributed by atoms with E-state index >= 15 is 0 Å². The lowest BCUT2D eigenvalue weighted by atomic mass is 9.94. The fraction of sp³-hybridized carbons (Fsp3) is 0.423. The average Bonchev–Trinajstić information content (AvgIpc) is 2.80. The average molecular weight is 423 g/mol. The van der Waals surface area contributed by atoms with Gasteiger partial charge in [0.2, 0.25) is 0 Å². The summed E-state index contributed by atoms with van der Waals surface area (Å²) in [6.07, 6.45) is 9.07. The molecule has 31 heavy (non-hydrogen) atoms. The van der Waals surface area contributed by atoms with Gasteiger partial charge in [-0.15, -0.1) is 6.58 Å². The number of para-hydroxylation sites is 1. The number of amides is 1. The number of ether oxygens (including phenoxy) is 2. The molecule has 1 aliphatic rings. The van der Waals surface area contributed by atoms with Crippen LogP contribution in [0.2, 0.25) is 0 Å². The molecule has 0 aliphatic heterocycles. The number of carbonyl (C=O) groups is 1. The van der Waals surface area contributed by atoms with Crippen LogP contribution in [0.5, 0.6) is 11.5 Å². The van der Waals surface area contributed by atoms with Crippen LogP contribution in [0.1, 0.15) is 43.2 Å². The molecular weight excluding hydrogens is 388 g/mol. The summed E-state index contributed by atoms with van der Waals surface area (Å²) in [4.78, 5) is 15.0. The number of rotatable bonds is 10. The monoisotopic (exact) mass is 422 g/mol. The van der Waals surface area contributed by atoms with Gasteiger partial charge in [-0.05, 0) is 55.6 Å². The lowest BCUT2D eigenvalue weighted by Gasteiger charge is -2.31. The van der Waals surface area contributed by atoms with Crippen LogP contribution in [0.3, 0.4) is 0 Å². The largest absolute Gasteiger partial charge is 0.493 e. The van der Waals surface area contributed by atoms with E-state index in [9.17, 15) is 4.79 Å². The molecule has 1 N–H and O–H groups in total. The molecule has 0 spiro atoms. The Bertz CT molecular complexity index is 875. The van der Waals surface area contributed by atoms with E-state index in [1.165, 1.54) is 32.1 Å². The molecule has 1 fully saturated rings. The topological polar surface area (TPSA) is 50.8 Å². The van der Waals surface area contributed by atoms with Gasteiger partial charge in [0, 0.05) is 18.3 Å². The molecule has 1 amide bonds. The molecule has 0 heterocycles. The van der Waals surface area contributed by atoms with E-state index in [0.29, 0.717) is 17.5 Å². The van der Waals surface area contributed by atoms with E-state index < -0.39 is 0 Å². The molecule has 0 atom stereocenters. The highest BCUT2D eigenvalue weighted by atomic mass is 16.5. The van der Waals surface area contributed by atoms with Gasteiger partial charge in [-0.25, -0.2) is 0 Å². The number of hydrogen-bond donors (Lipinski definition) is 1. The van der Waals surface area contributed by atoms with E-state index in [2.05, 4.69) is 29.9 Å². The number of nitrogens with one attached hydrogen (secondary N) is 1. The zero-order valence-electron chi connectivity index (χ0n) is 18.7. The van der Waals surface area contributed by atoms with Crippen molar-refractivity contribution in [1.82, 2.24) is 4.90 Å². The summed E-state index contributed by atoms with van der Waals surface area (Å²) in [7, 11) is 3.78. The minimum atomic E-state index is -0.190. The van der Waals surface area contributed by atoms with Crippen LogP contribution in [-0.2, 0) is 17.8 Å². The second-order valence-electron chi connectivity index (χ2n) is 8.18. The van der Waals surface area contributed by atoms with Gasteiger partial charge in [-0.2, -0.15) is 0 Å². The summed E-state index contributed by atoms with van der Waals surface area (Å²) in [5, 5.41) is 3.01. The van der Waals surface area contributed by atoms with Crippen molar-refractivity contribution in [3.05, 3.63) is 66.2 Å². The molecule has 5 nitrogen and oxygen atoms in total. The number of nitrogens with zero attached hydrogens (tertiary/aromatic N) is 1. The van der Waals surface area contributed by atoms with Crippen molar-refractivity contribution in [2.24, 2.45) is 0 Å². The SMILES string of the molecule is C=CCc1ccc(OCC(=O)Nc2ccccc2CN(C)C2CCCCC2)c(OC)c1. The first-order valence-electron chi connectivity index (χ1n) is 11.1. The molecule has 0 bridgehead atoms. The van der Waals surface area contributed by atoms with Crippen molar-refractivity contribution in [1.29, 1.82) is 0 Å². The van der Waals surface area contributed by atoms with Crippen molar-refractivity contribution < 1.29 is 14.3 Å². The number of hydrogen-bond acceptors (Lipinski definition) is 4. The van der Waals surface area contributed by atoms with Crippen LogP contribution in [0.4, 0.5) is 5.69 Å². The summed E-state index contributed by atoms with van der Waals surface area (Å²) >= 11 is 0. The van der Waals surface area contributed by atoms with E-state index in [0.717, 1.165) is 29.8 Å². The first-order chi connectivity index (χ1) is 15.1. The number of allylic oxidation sites excluding steroid dienone is 1. The summed E-state index contributed by atoms with van der Waals surface area (Å²) < 4.78 is 11.1. The van der Waals surface area contributed by atoms with Crippen LogP contribution in [-0.4, -0.2) is 37.6 Å². The third-order valence-electron chi connectivity index (χ3n) is 5.88. The quantitative estimate of drug-likeness (QED) is 0.534. The molecule has 0 saturated heterocycles. The first kappa shape index (κ1) is 22.9. The molecule has 5 heteroatoms. The number of anilines is 1. The van der Waals surface area contributed by atoms with Gasteiger partial charge >= 0.3 is 0 Å². The smallest absolute Gasteiger partial charge is 0.262 e. The zero-order chi connectivity index (χ0) is 22.1. The third-order valence-corrected chi connectivity index (χ3v) is 5.88. The number of methoxy groups -OCH3 is 1. The van der Waals surface area contributed by atoms with Crippen LogP contribution >= 0.6 is 0 Å². The molecular formula is C26H34N2O3. The summed E-state index contributed by atoms with van der Waals surface area (Å²) in [5.74, 6) is 0.974. The Labute approximate surface area is 186 Å². The Morgan fingerprint density at radius 2 is 1.94 bits per heavy atom. The van der Waals surface area contributed by atoms with Crippen LogP contribution in [0.25, 0.3) is 0 Å². The Morgan fingerprint density at radius 3 is 2.68 bits per heavy atom. The minimum absolute atomic E-state index is 0.0794. The molecule has 2 aromatic carbocycles. The maximum atomic E-state index is 12.6. The van der Waals surface area contributed by atoms with Crippen LogP contribution < -0.4 is 14.8 Å². The lowest BCUT2D eigenvalue weighted by molar-refractivity contribution is -0.118. The van der Waals surface area contributed by atoms with Gasteiger partial charge in [0.15, 0.2) is 18.1 Å². The van der Waals surface area contributed by atoms with E-state index in [1.807, 2.05) is 42.5 Å². The van der Waals surface area contributed by atoms with E-state index in [-0.39, 0.29) is 12.5 Å². The van der Waals surface area contributed by atoms with Gasteiger partial charge in [0.05, 0.1) is 7.11 Å². The summed E-state index contributed by atoms with van der Waals surface area (Å²) in [5.41, 5.74) is 3.04. The molecule has 2 aromatic rings. The van der Waals surface area contributed by atoms with Gasteiger partial charge in [0.25, 0.3) is 5.91 Å². The standard InChI is InChI=1S/C26H34N2O3/c1-4-10-20-15-16-24(25(17-20)30-3)31-19-26(29)27-23-14-9-8-11-21(23)18-28(2)22-12-6-5-7-13-22/h4,8-9,11,14-17,22H,1,5-7,10,12-13,18-19H2,2-3H3,(H,27,29). The molecule has 1 aliphatic carbocycles. The van der Waals surface area contributed by atoms with Gasteiger partial charge in [0.1, 0.15) is 0 Å². The first-order valence-corrected chi connectivity index (χ1v) is 11.1. The lowest BCUT2D eigenvalue weighted by Crippen LogP contribution is -2.33. The maximum Gasteiger partial charge on any atom is 0.262 e. The summed E-state index contributed by atoms with van der Waals surface area (Å²) in [6, 6.07) is 14.3. The second-order valence-corrected chi connectivity index (χ2v) is 8.18. The molecule has 0 aromatic heterocycles. The molecule has 0 radical (unpaired) electrons. The Kier molecular flexibility index (Phi) is 8.53. The highest BCUT2D eigenvalue weighted by Crippen LogP contribution is 2.29. The molecule has 3 rings (SSSR count). The van der Waals surface area contributed by atoms with Crippen LogP contribution in [0.15, 0.2) is 55.1 Å². The van der Waals surface area contributed by atoms with Crippen molar-refractivity contribution >= 4 is 11.6 Å². The maximum absolute atomic E-state index is 12.6.